The SMILES string of the molecule is CC1(C)c2ccccc2-c2ccc(N(c3ccc4c(c3)oc3ccccc34)c3ccc4c(c3)sc3ccc5c6cc7ccccc7cc6oc5c34)cc21. The van der Waals surface area contributed by atoms with Crippen LogP contribution in [0.5, 0.6) is 0 Å². The fraction of sp³-hybridized carbons (Fsp3) is 0.0612. The summed E-state index contributed by atoms with van der Waals surface area (Å²) in [5, 5.41) is 9.38. The van der Waals surface area contributed by atoms with Crippen LogP contribution in [-0.4, -0.2) is 0 Å². The number of hydrogen-bond donors (Lipinski definition) is 0. The van der Waals surface area contributed by atoms with Crippen LogP contribution in [0.3, 0.4) is 0 Å². The molecule has 0 aliphatic heterocycles. The molecule has 11 aromatic rings. The Morgan fingerprint density at radius 3 is 2.02 bits per heavy atom. The van der Waals surface area contributed by atoms with Gasteiger partial charge in [0.1, 0.15) is 22.3 Å². The third kappa shape index (κ3) is 4.04. The van der Waals surface area contributed by atoms with Crippen LogP contribution < -0.4 is 4.90 Å². The van der Waals surface area contributed by atoms with E-state index in [0.29, 0.717) is 0 Å². The predicted molar refractivity (Wildman–Crippen MR) is 224 cm³/mol. The van der Waals surface area contributed by atoms with Gasteiger partial charge in [-0.25, -0.2) is 0 Å². The number of benzene rings is 8. The Morgan fingerprint density at radius 2 is 1.11 bits per heavy atom. The fourth-order valence-electron chi connectivity index (χ4n) is 9.04. The molecule has 0 spiro atoms. The lowest BCUT2D eigenvalue weighted by atomic mass is 9.82. The van der Waals surface area contributed by atoms with Gasteiger partial charge in [0, 0.05) is 70.3 Å². The number of anilines is 3. The van der Waals surface area contributed by atoms with Gasteiger partial charge in [0.2, 0.25) is 0 Å². The normalized spacial score (nSPS) is 13.6. The molecule has 0 amide bonds. The number of nitrogens with zero attached hydrogens (tertiary/aromatic N) is 1. The molecule has 12 rings (SSSR count). The molecular weight excluding hydrogens is 667 g/mol. The van der Waals surface area contributed by atoms with Crippen molar-refractivity contribution in [3.63, 3.8) is 0 Å². The smallest absolute Gasteiger partial charge is 0.144 e. The quantitative estimate of drug-likeness (QED) is 0.184. The lowest BCUT2D eigenvalue weighted by Gasteiger charge is -2.28. The maximum Gasteiger partial charge on any atom is 0.144 e. The van der Waals surface area contributed by atoms with E-state index in [1.165, 1.54) is 53.2 Å². The topological polar surface area (TPSA) is 29.5 Å². The molecule has 53 heavy (non-hydrogen) atoms. The second kappa shape index (κ2) is 10.4. The van der Waals surface area contributed by atoms with Crippen LogP contribution in [-0.2, 0) is 5.41 Å². The van der Waals surface area contributed by atoms with E-state index in [0.717, 1.165) is 60.9 Å². The lowest BCUT2D eigenvalue weighted by molar-refractivity contribution is 0.660. The number of thiophene rings is 1. The van der Waals surface area contributed by atoms with Crippen LogP contribution >= 0.6 is 11.3 Å². The summed E-state index contributed by atoms with van der Waals surface area (Å²) >= 11 is 1.82. The zero-order valence-corrected chi connectivity index (χ0v) is 29.9. The lowest BCUT2D eigenvalue weighted by Crippen LogP contribution is -2.16. The standard InChI is InChI=1S/C49H31NO2S/c1-49(2)40-13-7-5-11-33(40)34-18-15-30(25-41(34)49)50(31-16-19-36-35-12-6-8-14-42(35)51-44(36)26-31)32-17-20-38-46(27-32)53-45-22-21-37-39-23-28-9-3-4-10-29(28)24-43(39)52-48(37)47(38)45/h3-27H,1-2H3. The first-order valence-electron chi connectivity index (χ1n) is 18.2. The number of rotatable bonds is 3. The highest BCUT2D eigenvalue weighted by Gasteiger charge is 2.35. The monoisotopic (exact) mass is 697 g/mol. The molecule has 4 heteroatoms. The van der Waals surface area contributed by atoms with Gasteiger partial charge in [-0.3, -0.25) is 0 Å². The Morgan fingerprint density at radius 1 is 0.453 bits per heavy atom. The molecule has 0 saturated carbocycles. The van der Waals surface area contributed by atoms with Crippen molar-refractivity contribution in [2.75, 3.05) is 4.90 Å². The van der Waals surface area contributed by atoms with Gasteiger partial charge >= 0.3 is 0 Å². The van der Waals surface area contributed by atoms with Crippen LogP contribution in [0.1, 0.15) is 25.0 Å². The molecule has 8 aromatic carbocycles. The Balaban J connectivity index is 1.07. The molecule has 0 N–H and O–H groups in total. The maximum absolute atomic E-state index is 6.70. The molecule has 3 nitrogen and oxygen atoms in total. The summed E-state index contributed by atoms with van der Waals surface area (Å²) in [4.78, 5) is 2.39. The molecule has 0 fully saturated rings. The van der Waals surface area contributed by atoms with Crippen LogP contribution in [0, 0.1) is 0 Å². The zero-order valence-electron chi connectivity index (χ0n) is 29.1. The summed E-state index contributed by atoms with van der Waals surface area (Å²) in [5.41, 5.74) is 12.2. The Bertz CT molecular complexity index is 3340. The zero-order chi connectivity index (χ0) is 35.0. The van der Waals surface area contributed by atoms with Crippen molar-refractivity contribution in [3.05, 3.63) is 163 Å². The van der Waals surface area contributed by atoms with E-state index in [-0.39, 0.29) is 5.41 Å². The summed E-state index contributed by atoms with van der Waals surface area (Å²) in [7, 11) is 0. The highest BCUT2D eigenvalue weighted by atomic mass is 32.1. The maximum atomic E-state index is 6.70. The number of furan rings is 2. The first kappa shape index (κ1) is 29.2. The van der Waals surface area contributed by atoms with E-state index in [9.17, 15) is 0 Å². The minimum Gasteiger partial charge on any atom is -0.456 e. The van der Waals surface area contributed by atoms with E-state index in [2.05, 4.69) is 158 Å². The van der Waals surface area contributed by atoms with Gasteiger partial charge < -0.3 is 13.7 Å². The number of para-hydroxylation sites is 1. The van der Waals surface area contributed by atoms with Crippen molar-refractivity contribution in [1.82, 2.24) is 0 Å². The molecule has 0 bridgehead atoms. The van der Waals surface area contributed by atoms with Gasteiger partial charge in [0.15, 0.2) is 0 Å². The van der Waals surface area contributed by atoms with E-state index in [1.54, 1.807) is 0 Å². The minimum absolute atomic E-state index is 0.116. The van der Waals surface area contributed by atoms with Gasteiger partial charge in [-0.1, -0.05) is 92.7 Å². The summed E-state index contributed by atoms with van der Waals surface area (Å²) in [6.07, 6.45) is 0. The average Bonchev–Trinajstić information content (AvgIpc) is 3.91. The Hall–Kier alpha value is -6.36. The average molecular weight is 698 g/mol. The van der Waals surface area contributed by atoms with E-state index in [4.69, 9.17) is 8.83 Å². The Labute approximate surface area is 308 Å². The molecule has 1 aliphatic rings. The van der Waals surface area contributed by atoms with E-state index in [1.807, 2.05) is 23.5 Å². The molecule has 0 atom stereocenters. The largest absolute Gasteiger partial charge is 0.456 e. The van der Waals surface area contributed by atoms with Crippen LogP contribution in [0.15, 0.2) is 160 Å². The van der Waals surface area contributed by atoms with Crippen molar-refractivity contribution in [2.24, 2.45) is 0 Å². The molecule has 3 heterocycles. The third-order valence-electron chi connectivity index (χ3n) is 11.6. The summed E-state index contributed by atoms with van der Waals surface area (Å²) in [6, 6.07) is 55.1. The molecule has 0 saturated heterocycles. The number of fused-ring (bicyclic) bond motifs is 14. The second-order valence-corrected chi connectivity index (χ2v) is 16.0. The second-order valence-electron chi connectivity index (χ2n) is 14.9. The first-order chi connectivity index (χ1) is 26.0. The van der Waals surface area contributed by atoms with E-state index < -0.39 is 0 Å². The van der Waals surface area contributed by atoms with Crippen LogP contribution in [0.4, 0.5) is 17.1 Å². The summed E-state index contributed by atoms with van der Waals surface area (Å²) < 4.78 is 15.6. The van der Waals surface area contributed by atoms with Gasteiger partial charge in [-0.15, -0.1) is 11.3 Å². The van der Waals surface area contributed by atoms with Crippen LogP contribution in [0.25, 0.3) is 85.9 Å². The molecular formula is C49H31NO2S. The van der Waals surface area contributed by atoms with E-state index >= 15 is 0 Å². The van der Waals surface area contributed by atoms with Crippen molar-refractivity contribution in [3.8, 4) is 11.1 Å². The molecule has 0 radical (unpaired) electrons. The van der Waals surface area contributed by atoms with Gasteiger partial charge in [-0.05, 0) is 99.8 Å². The fourth-order valence-corrected chi connectivity index (χ4v) is 10.2. The molecule has 3 aromatic heterocycles. The van der Waals surface area contributed by atoms with Crippen molar-refractivity contribution < 1.29 is 8.83 Å². The third-order valence-corrected chi connectivity index (χ3v) is 12.7. The Kier molecular flexibility index (Phi) is 5.72. The van der Waals surface area contributed by atoms with Crippen LogP contribution in [0.2, 0.25) is 0 Å². The van der Waals surface area contributed by atoms with Crippen molar-refractivity contribution >= 4 is 103 Å². The first-order valence-corrected chi connectivity index (χ1v) is 19.0. The predicted octanol–water partition coefficient (Wildman–Crippen LogP) is 14.8. The van der Waals surface area contributed by atoms with Crippen molar-refractivity contribution in [1.29, 1.82) is 0 Å². The van der Waals surface area contributed by atoms with Crippen molar-refractivity contribution in [2.45, 2.75) is 19.3 Å². The summed E-state index contributed by atoms with van der Waals surface area (Å²) in [5.74, 6) is 0. The number of hydrogen-bond acceptors (Lipinski definition) is 4. The minimum atomic E-state index is -0.116. The molecule has 1 aliphatic carbocycles. The van der Waals surface area contributed by atoms with Gasteiger partial charge in [-0.2, -0.15) is 0 Å². The van der Waals surface area contributed by atoms with Gasteiger partial charge in [0.25, 0.3) is 0 Å². The van der Waals surface area contributed by atoms with Gasteiger partial charge in [0.05, 0.1) is 0 Å². The summed E-state index contributed by atoms with van der Waals surface area (Å²) in [6.45, 7) is 4.69. The highest BCUT2D eigenvalue weighted by molar-refractivity contribution is 7.26. The highest BCUT2D eigenvalue weighted by Crippen LogP contribution is 2.51. The molecule has 0 unspecified atom stereocenters. The molecule has 250 valence electrons.